The highest BCUT2D eigenvalue weighted by molar-refractivity contribution is 6.30. The fourth-order valence-electron chi connectivity index (χ4n) is 1.20. The molecule has 0 fully saturated rings. The maximum absolute atomic E-state index is 12.9. The summed E-state index contributed by atoms with van der Waals surface area (Å²) >= 11 is 5.65. The predicted octanol–water partition coefficient (Wildman–Crippen LogP) is 3.43. The van der Waals surface area contributed by atoms with Gasteiger partial charge in [-0.1, -0.05) is 38.4 Å². The topological polar surface area (TPSA) is 20.2 Å². The van der Waals surface area contributed by atoms with E-state index in [0.717, 1.165) is 5.56 Å². The highest BCUT2D eigenvalue weighted by atomic mass is 35.5. The van der Waals surface area contributed by atoms with Gasteiger partial charge >= 0.3 is 0 Å². The maximum atomic E-state index is 12.9. The fourth-order valence-corrected chi connectivity index (χ4v) is 1.40. The number of halogens is 2. The molecular formula is C12H16ClFO. The number of benzene rings is 1. The Balaban J connectivity index is 2.78. The summed E-state index contributed by atoms with van der Waals surface area (Å²) in [6, 6.07) is 4.54. The summed E-state index contributed by atoms with van der Waals surface area (Å²) in [5.74, 6) is -0.425. The summed E-state index contributed by atoms with van der Waals surface area (Å²) in [6.07, 6.45) is 0.0303. The molecule has 0 aliphatic heterocycles. The van der Waals surface area contributed by atoms with E-state index in [9.17, 15) is 9.50 Å². The highest BCUT2D eigenvalue weighted by Gasteiger charge is 2.22. The first-order valence-electron chi connectivity index (χ1n) is 4.92. The number of rotatable bonds is 2. The molecule has 0 amide bonds. The lowest BCUT2D eigenvalue weighted by Crippen LogP contribution is -2.28. The minimum atomic E-state index is -0.459. The summed E-state index contributed by atoms with van der Waals surface area (Å²) in [6.45, 7) is 5.88. The van der Waals surface area contributed by atoms with Gasteiger partial charge in [-0.2, -0.15) is 0 Å². The molecule has 15 heavy (non-hydrogen) atoms. The SMILES string of the molecule is CC(C)(C)C(O)Cc1ccc(F)c(Cl)c1. The first-order valence-corrected chi connectivity index (χ1v) is 5.30. The lowest BCUT2D eigenvalue weighted by atomic mass is 9.85. The zero-order valence-corrected chi connectivity index (χ0v) is 9.98. The van der Waals surface area contributed by atoms with Gasteiger partial charge < -0.3 is 5.11 Å². The molecule has 1 atom stereocenters. The zero-order chi connectivity index (χ0) is 11.6. The number of aliphatic hydroxyl groups is 1. The normalized spacial score (nSPS) is 14.0. The van der Waals surface area contributed by atoms with Crippen molar-refractivity contribution in [1.29, 1.82) is 0 Å². The lowest BCUT2D eigenvalue weighted by molar-refractivity contribution is 0.0636. The van der Waals surface area contributed by atoms with Gasteiger partial charge in [0, 0.05) is 0 Å². The van der Waals surface area contributed by atoms with Crippen molar-refractivity contribution in [3.8, 4) is 0 Å². The van der Waals surface area contributed by atoms with Crippen molar-refractivity contribution < 1.29 is 9.50 Å². The second-order valence-corrected chi connectivity index (χ2v) is 5.24. The van der Waals surface area contributed by atoms with E-state index in [1.807, 2.05) is 20.8 Å². The molecule has 0 aliphatic carbocycles. The molecule has 0 aromatic heterocycles. The Hall–Kier alpha value is -0.600. The van der Waals surface area contributed by atoms with Crippen molar-refractivity contribution in [1.82, 2.24) is 0 Å². The molecule has 1 aromatic rings. The van der Waals surface area contributed by atoms with Crippen LogP contribution in [0.2, 0.25) is 5.02 Å². The summed E-state index contributed by atoms with van der Waals surface area (Å²) in [4.78, 5) is 0. The van der Waals surface area contributed by atoms with Crippen molar-refractivity contribution >= 4 is 11.6 Å². The lowest BCUT2D eigenvalue weighted by Gasteiger charge is -2.25. The standard InChI is InChI=1S/C12H16ClFO/c1-12(2,3)11(15)7-8-4-5-10(14)9(13)6-8/h4-6,11,15H,7H2,1-3H3. The smallest absolute Gasteiger partial charge is 0.141 e. The van der Waals surface area contributed by atoms with E-state index in [4.69, 9.17) is 11.6 Å². The van der Waals surface area contributed by atoms with Gasteiger partial charge in [-0.25, -0.2) is 4.39 Å². The second kappa shape index (κ2) is 4.50. The van der Waals surface area contributed by atoms with Gasteiger partial charge in [-0.05, 0) is 29.5 Å². The quantitative estimate of drug-likeness (QED) is 0.826. The zero-order valence-electron chi connectivity index (χ0n) is 9.22. The summed E-state index contributed by atoms with van der Waals surface area (Å²) in [5.41, 5.74) is 0.671. The summed E-state index contributed by atoms with van der Waals surface area (Å²) < 4.78 is 12.9. The monoisotopic (exact) mass is 230 g/mol. The Morgan fingerprint density at radius 2 is 2.00 bits per heavy atom. The molecule has 0 radical (unpaired) electrons. The second-order valence-electron chi connectivity index (χ2n) is 4.83. The Labute approximate surface area is 94.9 Å². The van der Waals surface area contributed by atoms with E-state index in [-0.39, 0.29) is 10.4 Å². The van der Waals surface area contributed by atoms with Gasteiger partial charge in [0.05, 0.1) is 11.1 Å². The van der Waals surface area contributed by atoms with Crippen LogP contribution in [0.4, 0.5) is 4.39 Å². The van der Waals surface area contributed by atoms with Crippen LogP contribution in [0.25, 0.3) is 0 Å². The Bertz CT molecular complexity index is 344. The van der Waals surface area contributed by atoms with Gasteiger partial charge in [0.1, 0.15) is 5.82 Å². The molecule has 3 heteroatoms. The highest BCUT2D eigenvalue weighted by Crippen LogP contribution is 2.24. The third-order valence-corrected chi connectivity index (χ3v) is 2.70. The minimum Gasteiger partial charge on any atom is -0.392 e. The molecular weight excluding hydrogens is 215 g/mol. The van der Waals surface area contributed by atoms with Crippen molar-refractivity contribution in [3.05, 3.63) is 34.6 Å². The number of hydrogen-bond donors (Lipinski definition) is 1. The summed E-state index contributed by atoms with van der Waals surface area (Å²) in [7, 11) is 0. The number of hydrogen-bond acceptors (Lipinski definition) is 1. The van der Waals surface area contributed by atoms with E-state index >= 15 is 0 Å². The van der Waals surface area contributed by atoms with Crippen LogP contribution < -0.4 is 0 Å². The molecule has 0 spiro atoms. The van der Waals surface area contributed by atoms with Gasteiger partial charge in [0.15, 0.2) is 0 Å². The molecule has 1 N–H and O–H groups in total. The fraction of sp³-hybridized carbons (Fsp3) is 0.500. The molecule has 0 saturated carbocycles. The van der Waals surface area contributed by atoms with Crippen LogP contribution in [-0.2, 0) is 6.42 Å². The van der Waals surface area contributed by atoms with Crippen molar-refractivity contribution in [2.24, 2.45) is 5.41 Å². The molecule has 1 nitrogen and oxygen atoms in total. The van der Waals surface area contributed by atoms with Crippen LogP contribution in [0.5, 0.6) is 0 Å². The Morgan fingerprint density at radius 1 is 1.40 bits per heavy atom. The molecule has 1 unspecified atom stereocenters. The van der Waals surface area contributed by atoms with Crippen LogP contribution in [-0.4, -0.2) is 11.2 Å². The molecule has 0 aliphatic rings. The molecule has 1 rings (SSSR count). The molecule has 0 heterocycles. The molecule has 0 saturated heterocycles. The average molecular weight is 231 g/mol. The van der Waals surface area contributed by atoms with Crippen LogP contribution in [0.3, 0.4) is 0 Å². The maximum Gasteiger partial charge on any atom is 0.141 e. The van der Waals surface area contributed by atoms with Crippen LogP contribution in [0.15, 0.2) is 18.2 Å². The van der Waals surface area contributed by atoms with Gasteiger partial charge in [0.25, 0.3) is 0 Å². The third-order valence-electron chi connectivity index (χ3n) is 2.41. The van der Waals surface area contributed by atoms with E-state index < -0.39 is 11.9 Å². The van der Waals surface area contributed by atoms with E-state index in [2.05, 4.69) is 0 Å². The van der Waals surface area contributed by atoms with Crippen LogP contribution in [0, 0.1) is 11.2 Å². The minimum absolute atomic E-state index is 0.105. The van der Waals surface area contributed by atoms with Crippen LogP contribution >= 0.6 is 11.6 Å². The van der Waals surface area contributed by atoms with E-state index in [1.165, 1.54) is 6.07 Å². The average Bonchev–Trinajstić information content (AvgIpc) is 2.10. The predicted molar refractivity (Wildman–Crippen MR) is 60.6 cm³/mol. The van der Waals surface area contributed by atoms with Crippen LogP contribution in [0.1, 0.15) is 26.3 Å². The van der Waals surface area contributed by atoms with Gasteiger partial charge in [-0.3, -0.25) is 0 Å². The Kier molecular flexibility index (Phi) is 3.74. The van der Waals surface area contributed by atoms with Gasteiger partial charge in [-0.15, -0.1) is 0 Å². The van der Waals surface area contributed by atoms with Crippen molar-refractivity contribution in [3.63, 3.8) is 0 Å². The van der Waals surface area contributed by atoms with Crippen molar-refractivity contribution in [2.45, 2.75) is 33.3 Å². The summed E-state index contributed by atoms with van der Waals surface area (Å²) in [5, 5.41) is 9.97. The number of aliphatic hydroxyl groups excluding tert-OH is 1. The van der Waals surface area contributed by atoms with E-state index in [1.54, 1.807) is 12.1 Å². The molecule has 1 aromatic carbocycles. The largest absolute Gasteiger partial charge is 0.392 e. The van der Waals surface area contributed by atoms with Gasteiger partial charge in [0.2, 0.25) is 0 Å². The van der Waals surface area contributed by atoms with Crippen molar-refractivity contribution in [2.75, 3.05) is 0 Å². The first kappa shape index (κ1) is 12.5. The first-order chi connectivity index (χ1) is 6.80. The molecule has 84 valence electrons. The molecule has 0 bridgehead atoms. The third kappa shape index (κ3) is 3.47. The van der Waals surface area contributed by atoms with E-state index in [0.29, 0.717) is 6.42 Å². The Morgan fingerprint density at radius 3 is 2.47 bits per heavy atom.